The van der Waals surface area contributed by atoms with Crippen LogP contribution in [-0.4, -0.2) is 54.2 Å². The molecule has 142 valence electrons. The van der Waals surface area contributed by atoms with E-state index in [0.717, 1.165) is 17.7 Å². The Morgan fingerprint density at radius 3 is 2.12 bits per heavy atom. The normalized spacial score (nSPS) is 15.6. The van der Waals surface area contributed by atoms with E-state index >= 15 is 0 Å². The molecular formula is C20H29N3O3. The third kappa shape index (κ3) is 4.23. The van der Waals surface area contributed by atoms with Crippen molar-refractivity contribution in [3.05, 3.63) is 29.8 Å². The molecular weight excluding hydrogens is 330 g/mol. The van der Waals surface area contributed by atoms with Crippen LogP contribution in [0.1, 0.15) is 40.2 Å². The molecule has 0 aliphatic carbocycles. The van der Waals surface area contributed by atoms with E-state index in [0.29, 0.717) is 26.2 Å². The number of nitrogens with one attached hydrogen (secondary N) is 1. The Hall–Kier alpha value is -2.37. The van der Waals surface area contributed by atoms with Crippen LogP contribution in [0.15, 0.2) is 24.3 Å². The molecule has 26 heavy (non-hydrogen) atoms. The number of carbonyl (C=O) groups excluding carboxylic acids is 3. The second-order valence-electron chi connectivity index (χ2n) is 8.31. The van der Waals surface area contributed by atoms with E-state index < -0.39 is 5.41 Å². The Bertz CT molecular complexity index is 684. The Morgan fingerprint density at radius 1 is 1.00 bits per heavy atom. The molecule has 0 atom stereocenters. The summed E-state index contributed by atoms with van der Waals surface area (Å²) in [5.74, 6) is -0.536. The number of nitrogens with zero attached hydrogens (tertiary/aromatic N) is 2. The fraction of sp³-hybridized carbons (Fsp3) is 0.550. The molecule has 6 heteroatoms. The van der Waals surface area contributed by atoms with Crippen molar-refractivity contribution in [1.29, 1.82) is 0 Å². The van der Waals surface area contributed by atoms with Gasteiger partial charge in [0.1, 0.15) is 5.41 Å². The van der Waals surface area contributed by atoms with Crippen molar-refractivity contribution >= 4 is 23.9 Å². The van der Waals surface area contributed by atoms with E-state index in [1.807, 2.05) is 24.3 Å². The number of benzene rings is 1. The van der Waals surface area contributed by atoms with E-state index in [1.165, 1.54) is 0 Å². The van der Waals surface area contributed by atoms with Crippen LogP contribution in [0.3, 0.4) is 0 Å². The van der Waals surface area contributed by atoms with Gasteiger partial charge in [0.15, 0.2) is 0 Å². The smallest absolute Gasteiger partial charge is 0.239 e. The van der Waals surface area contributed by atoms with Crippen LogP contribution in [0.4, 0.5) is 5.69 Å². The highest BCUT2D eigenvalue weighted by molar-refractivity contribution is 6.10. The van der Waals surface area contributed by atoms with Crippen LogP contribution in [0, 0.1) is 5.41 Å². The highest BCUT2D eigenvalue weighted by Crippen LogP contribution is 2.31. The summed E-state index contributed by atoms with van der Waals surface area (Å²) in [6, 6.07) is 7.67. The molecule has 0 bridgehead atoms. The molecule has 1 aromatic rings. The minimum Gasteiger partial charge on any atom is -0.342 e. The molecule has 1 aliphatic rings. The van der Waals surface area contributed by atoms with E-state index in [1.54, 1.807) is 23.6 Å². The van der Waals surface area contributed by atoms with Crippen LogP contribution in [0.5, 0.6) is 0 Å². The van der Waals surface area contributed by atoms with Crippen molar-refractivity contribution in [1.82, 2.24) is 9.80 Å². The first-order valence-electron chi connectivity index (χ1n) is 8.97. The minimum atomic E-state index is -1.19. The van der Waals surface area contributed by atoms with Gasteiger partial charge in [0.2, 0.25) is 18.2 Å². The number of anilines is 1. The Morgan fingerprint density at radius 2 is 1.58 bits per heavy atom. The maximum absolute atomic E-state index is 12.9. The zero-order valence-corrected chi connectivity index (χ0v) is 16.3. The molecule has 6 nitrogen and oxygen atoms in total. The van der Waals surface area contributed by atoms with Crippen LogP contribution in [0.2, 0.25) is 0 Å². The van der Waals surface area contributed by atoms with E-state index in [2.05, 4.69) is 26.1 Å². The molecule has 1 N–H and O–H groups in total. The van der Waals surface area contributed by atoms with Crippen molar-refractivity contribution in [3.8, 4) is 0 Å². The highest BCUT2D eigenvalue weighted by Gasteiger charge is 2.40. The van der Waals surface area contributed by atoms with E-state index in [9.17, 15) is 14.4 Å². The largest absolute Gasteiger partial charge is 0.342 e. The van der Waals surface area contributed by atoms with Crippen LogP contribution in [-0.2, 0) is 19.8 Å². The molecule has 0 saturated carbocycles. The average Bonchev–Trinajstić information content (AvgIpc) is 2.60. The number of para-hydroxylation sites is 1. The topological polar surface area (TPSA) is 69.7 Å². The molecule has 3 amide bonds. The second-order valence-corrected chi connectivity index (χ2v) is 8.31. The Labute approximate surface area is 155 Å². The molecule has 1 saturated heterocycles. The van der Waals surface area contributed by atoms with Gasteiger partial charge < -0.3 is 15.1 Å². The number of carbonyl (C=O) groups is 3. The lowest BCUT2D eigenvalue weighted by atomic mass is 9.85. The molecule has 0 radical (unpaired) electrons. The average molecular weight is 359 g/mol. The number of rotatable bonds is 4. The zero-order valence-electron chi connectivity index (χ0n) is 16.3. The number of piperazine rings is 1. The maximum Gasteiger partial charge on any atom is 0.239 e. The molecule has 0 unspecified atom stereocenters. The predicted molar refractivity (Wildman–Crippen MR) is 102 cm³/mol. The van der Waals surface area contributed by atoms with Gasteiger partial charge in [-0.15, -0.1) is 0 Å². The SMILES string of the molecule is CC(C)(C(=O)Nc1ccccc1C(C)(C)C)C(=O)N1CCN(C=O)CC1. The number of hydrogen-bond acceptors (Lipinski definition) is 3. The van der Waals surface area contributed by atoms with Crippen LogP contribution >= 0.6 is 0 Å². The van der Waals surface area contributed by atoms with E-state index in [4.69, 9.17) is 0 Å². The summed E-state index contributed by atoms with van der Waals surface area (Å²) < 4.78 is 0. The van der Waals surface area contributed by atoms with Crippen molar-refractivity contribution in [3.63, 3.8) is 0 Å². The summed E-state index contributed by atoms with van der Waals surface area (Å²) in [5, 5.41) is 2.94. The fourth-order valence-electron chi connectivity index (χ4n) is 3.05. The molecule has 0 aromatic heterocycles. The summed E-state index contributed by atoms with van der Waals surface area (Å²) in [4.78, 5) is 39.9. The lowest BCUT2D eigenvalue weighted by Gasteiger charge is -2.37. The first kappa shape index (κ1) is 19.9. The van der Waals surface area contributed by atoms with Gasteiger partial charge in [0.25, 0.3) is 0 Å². The van der Waals surface area contributed by atoms with Gasteiger partial charge in [-0.05, 0) is 30.9 Å². The fourth-order valence-corrected chi connectivity index (χ4v) is 3.05. The summed E-state index contributed by atoms with van der Waals surface area (Å²) >= 11 is 0. The summed E-state index contributed by atoms with van der Waals surface area (Å²) in [6.45, 7) is 11.5. The van der Waals surface area contributed by atoms with Gasteiger partial charge in [0.05, 0.1) is 0 Å². The molecule has 1 heterocycles. The monoisotopic (exact) mass is 359 g/mol. The molecule has 1 aromatic carbocycles. The first-order chi connectivity index (χ1) is 12.1. The molecule has 2 rings (SSSR count). The Kier molecular flexibility index (Phi) is 5.74. The van der Waals surface area contributed by atoms with Gasteiger partial charge in [-0.25, -0.2) is 0 Å². The summed E-state index contributed by atoms with van der Waals surface area (Å²) in [5.41, 5.74) is 0.449. The van der Waals surface area contributed by atoms with E-state index in [-0.39, 0.29) is 17.2 Å². The second kappa shape index (κ2) is 7.48. The Balaban J connectivity index is 2.13. The van der Waals surface area contributed by atoms with Gasteiger partial charge >= 0.3 is 0 Å². The first-order valence-corrected chi connectivity index (χ1v) is 8.97. The van der Waals surface area contributed by atoms with Crippen molar-refractivity contribution in [2.24, 2.45) is 5.41 Å². The lowest BCUT2D eigenvalue weighted by Crippen LogP contribution is -2.54. The van der Waals surface area contributed by atoms with Gasteiger partial charge in [-0.2, -0.15) is 0 Å². The summed E-state index contributed by atoms with van der Waals surface area (Å²) in [7, 11) is 0. The number of hydrogen-bond donors (Lipinski definition) is 1. The van der Waals surface area contributed by atoms with Gasteiger partial charge in [0, 0.05) is 31.9 Å². The van der Waals surface area contributed by atoms with Gasteiger partial charge in [-0.1, -0.05) is 39.0 Å². The predicted octanol–water partition coefficient (Wildman–Crippen LogP) is 2.25. The maximum atomic E-state index is 12.9. The third-order valence-electron chi connectivity index (χ3n) is 4.84. The zero-order chi connectivity index (χ0) is 19.5. The molecule has 0 spiro atoms. The standard InChI is InChI=1S/C20H29N3O3/c1-19(2,3)15-8-6-7-9-16(15)21-17(25)20(4,5)18(26)23-12-10-22(14-24)11-13-23/h6-9,14H,10-13H2,1-5H3,(H,21,25). The summed E-state index contributed by atoms with van der Waals surface area (Å²) in [6.07, 6.45) is 0.795. The van der Waals surface area contributed by atoms with Crippen molar-refractivity contribution < 1.29 is 14.4 Å². The third-order valence-corrected chi connectivity index (χ3v) is 4.84. The number of amides is 3. The van der Waals surface area contributed by atoms with Crippen LogP contribution in [0.25, 0.3) is 0 Å². The van der Waals surface area contributed by atoms with Crippen LogP contribution < -0.4 is 5.32 Å². The highest BCUT2D eigenvalue weighted by atomic mass is 16.2. The quantitative estimate of drug-likeness (QED) is 0.662. The molecule has 1 aliphatic heterocycles. The molecule has 1 fully saturated rings. The van der Waals surface area contributed by atoms with Crippen molar-refractivity contribution in [2.45, 2.75) is 40.0 Å². The minimum absolute atomic E-state index is 0.122. The van der Waals surface area contributed by atoms with Crippen molar-refractivity contribution in [2.75, 3.05) is 31.5 Å². The lowest BCUT2D eigenvalue weighted by molar-refractivity contribution is -0.148. The van der Waals surface area contributed by atoms with Gasteiger partial charge in [-0.3, -0.25) is 14.4 Å².